The van der Waals surface area contributed by atoms with E-state index in [2.05, 4.69) is 26.4 Å². The largest absolute Gasteiger partial charge is 0.474 e. The highest BCUT2D eigenvalue weighted by atomic mass is 19.3. The SMILES string of the molecule is CN1CC2C(C(=O)NC3CCC(CCN4CCc5ccc(OC6CC(F)(F)C6)nc5CC4)CC3)=CC=CC2=N1. The summed E-state index contributed by atoms with van der Waals surface area (Å²) in [6.07, 6.45) is 12.4. The van der Waals surface area contributed by atoms with Crippen molar-refractivity contribution in [2.24, 2.45) is 16.9 Å². The van der Waals surface area contributed by atoms with Gasteiger partial charge in [0.25, 0.3) is 5.92 Å². The lowest BCUT2D eigenvalue weighted by Gasteiger charge is -2.34. The van der Waals surface area contributed by atoms with Crippen molar-refractivity contribution in [3.8, 4) is 5.88 Å². The molecule has 0 aromatic carbocycles. The van der Waals surface area contributed by atoms with Crippen molar-refractivity contribution in [2.75, 3.05) is 33.2 Å². The lowest BCUT2D eigenvalue weighted by Crippen LogP contribution is -2.43. The fraction of sp³-hybridized carbons (Fsp3) is 0.633. The molecule has 0 spiro atoms. The molecule has 2 fully saturated rings. The first-order chi connectivity index (χ1) is 18.8. The molecule has 1 atom stereocenters. The van der Waals surface area contributed by atoms with Gasteiger partial charge in [0.2, 0.25) is 11.8 Å². The van der Waals surface area contributed by atoms with Gasteiger partial charge in [-0.05, 0) is 62.6 Å². The van der Waals surface area contributed by atoms with Crippen LogP contribution in [0.4, 0.5) is 8.78 Å². The standard InChI is InChI=1S/C30H39F2N5O2/c1-36-19-25-24(3-2-4-27(25)35-36)29(38)33-22-8-5-20(6-9-22)11-14-37-15-12-21-7-10-28(34-26(21)13-16-37)39-23-17-30(31,32)18-23/h2-4,7,10,20,22-23,25H,5-6,8-9,11-19H2,1H3,(H,33,38). The van der Waals surface area contributed by atoms with Gasteiger partial charge in [0, 0.05) is 69.3 Å². The van der Waals surface area contributed by atoms with Crippen molar-refractivity contribution in [2.45, 2.75) is 75.9 Å². The fourth-order valence-corrected chi connectivity index (χ4v) is 6.66. The van der Waals surface area contributed by atoms with Crippen LogP contribution < -0.4 is 10.1 Å². The second-order valence-electron chi connectivity index (χ2n) is 12.0. The number of nitrogens with one attached hydrogen (secondary N) is 1. The van der Waals surface area contributed by atoms with Crippen LogP contribution in [-0.4, -0.2) is 77.8 Å². The molecule has 1 amide bonds. The molecule has 0 saturated heterocycles. The number of alkyl halides is 2. The van der Waals surface area contributed by atoms with E-state index in [9.17, 15) is 13.6 Å². The summed E-state index contributed by atoms with van der Waals surface area (Å²) in [7, 11) is 1.95. The molecule has 2 saturated carbocycles. The maximum absolute atomic E-state index is 13.1. The van der Waals surface area contributed by atoms with Crippen LogP contribution in [0.3, 0.4) is 0 Å². The average molecular weight is 540 g/mol. The first kappa shape index (κ1) is 26.4. The molecule has 0 radical (unpaired) electrons. The lowest BCUT2D eigenvalue weighted by molar-refractivity contribution is -0.135. The number of carbonyl (C=O) groups is 1. The second-order valence-corrected chi connectivity index (χ2v) is 12.0. The number of pyridine rings is 1. The molecule has 1 unspecified atom stereocenters. The van der Waals surface area contributed by atoms with Crippen LogP contribution >= 0.6 is 0 Å². The molecule has 3 heterocycles. The number of halogens is 2. The number of nitrogens with zero attached hydrogens (tertiary/aromatic N) is 4. The number of hydrazone groups is 1. The zero-order valence-corrected chi connectivity index (χ0v) is 22.7. The summed E-state index contributed by atoms with van der Waals surface area (Å²) in [5.41, 5.74) is 4.11. The van der Waals surface area contributed by atoms with Gasteiger partial charge in [0.05, 0.1) is 11.6 Å². The fourth-order valence-electron chi connectivity index (χ4n) is 6.66. The van der Waals surface area contributed by atoms with Crippen LogP contribution in [0.2, 0.25) is 0 Å². The predicted molar refractivity (Wildman–Crippen MR) is 146 cm³/mol. The summed E-state index contributed by atoms with van der Waals surface area (Å²) >= 11 is 0. The van der Waals surface area contributed by atoms with Crippen molar-refractivity contribution < 1.29 is 18.3 Å². The van der Waals surface area contributed by atoms with E-state index >= 15 is 0 Å². The molecule has 2 aliphatic heterocycles. The van der Waals surface area contributed by atoms with Gasteiger partial charge in [0.15, 0.2) is 0 Å². The quantitative estimate of drug-likeness (QED) is 0.564. The maximum atomic E-state index is 13.1. The monoisotopic (exact) mass is 539 g/mol. The van der Waals surface area contributed by atoms with Crippen LogP contribution in [0, 0.1) is 11.8 Å². The van der Waals surface area contributed by atoms with Gasteiger partial charge in [-0.2, -0.15) is 5.10 Å². The molecular weight excluding hydrogens is 500 g/mol. The molecule has 3 aliphatic carbocycles. The van der Waals surface area contributed by atoms with Crippen molar-refractivity contribution in [1.82, 2.24) is 20.2 Å². The molecule has 1 N–H and O–H groups in total. The van der Waals surface area contributed by atoms with Crippen LogP contribution in [0.15, 0.2) is 41.0 Å². The number of ether oxygens (including phenoxy) is 1. The number of fused-ring (bicyclic) bond motifs is 2. The van der Waals surface area contributed by atoms with Crippen molar-refractivity contribution in [1.29, 1.82) is 0 Å². The molecule has 6 rings (SSSR count). The van der Waals surface area contributed by atoms with Crippen LogP contribution in [0.5, 0.6) is 5.88 Å². The Morgan fingerprint density at radius 1 is 1.15 bits per heavy atom. The third-order valence-corrected chi connectivity index (χ3v) is 9.05. The van der Waals surface area contributed by atoms with Crippen molar-refractivity contribution in [3.63, 3.8) is 0 Å². The first-order valence-corrected chi connectivity index (χ1v) is 14.6. The van der Waals surface area contributed by atoms with Gasteiger partial charge < -0.3 is 15.0 Å². The van der Waals surface area contributed by atoms with Gasteiger partial charge in [-0.15, -0.1) is 0 Å². The van der Waals surface area contributed by atoms with E-state index in [0.29, 0.717) is 11.8 Å². The Kier molecular flexibility index (Phi) is 7.44. The normalized spacial score (nSPS) is 28.5. The first-order valence-electron chi connectivity index (χ1n) is 14.6. The number of hydrogen-bond donors (Lipinski definition) is 1. The summed E-state index contributed by atoms with van der Waals surface area (Å²) in [6, 6.07) is 4.15. The Hall–Kier alpha value is -2.81. The van der Waals surface area contributed by atoms with Gasteiger partial charge >= 0.3 is 0 Å². The molecule has 39 heavy (non-hydrogen) atoms. The number of allylic oxidation sites excluding steroid dienone is 3. The van der Waals surface area contributed by atoms with E-state index < -0.39 is 12.0 Å². The van der Waals surface area contributed by atoms with E-state index in [-0.39, 0.29) is 30.7 Å². The smallest absolute Gasteiger partial charge is 0.255 e. The van der Waals surface area contributed by atoms with E-state index in [1.165, 1.54) is 12.0 Å². The molecular formula is C30H39F2N5O2. The number of aromatic nitrogens is 1. The van der Waals surface area contributed by atoms with E-state index in [4.69, 9.17) is 4.74 Å². The summed E-state index contributed by atoms with van der Waals surface area (Å²) in [5, 5.41) is 9.73. The second kappa shape index (κ2) is 11.0. The Balaban J connectivity index is 0.920. The van der Waals surface area contributed by atoms with Crippen LogP contribution in [-0.2, 0) is 17.6 Å². The summed E-state index contributed by atoms with van der Waals surface area (Å²) in [5.74, 6) is -1.26. The Labute approximate surface area is 229 Å². The summed E-state index contributed by atoms with van der Waals surface area (Å²) in [4.78, 5) is 20.2. The maximum Gasteiger partial charge on any atom is 0.255 e. The number of amides is 1. The number of carbonyl (C=O) groups excluding carboxylic acids is 1. The highest BCUT2D eigenvalue weighted by Crippen LogP contribution is 2.39. The van der Waals surface area contributed by atoms with Crippen LogP contribution in [0.25, 0.3) is 0 Å². The van der Waals surface area contributed by atoms with Gasteiger partial charge in [0.1, 0.15) is 6.10 Å². The third kappa shape index (κ3) is 6.18. The molecule has 210 valence electrons. The van der Waals surface area contributed by atoms with Crippen molar-refractivity contribution in [3.05, 3.63) is 47.2 Å². The zero-order valence-electron chi connectivity index (χ0n) is 22.7. The van der Waals surface area contributed by atoms with Gasteiger partial charge in [-0.1, -0.05) is 18.2 Å². The van der Waals surface area contributed by atoms with E-state index in [0.717, 1.165) is 81.7 Å². The molecule has 7 nitrogen and oxygen atoms in total. The average Bonchev–Trinajstić information content (AvgIpc) is 3.16. The summed E-state index contributed by atoms with van der Waals surface area (Å²) < 4.78 is 31.9. The van der Waals surface area contributed by atoms with Crippen LogP contribution in [0.1, 0.15) is 56.2 Å². The third-order valence-electron chi connectivity index (χ3n) is 9.05. The zero-order chi connectivity index (χ0) is 27.0. The minimum absolute atomic E-state index is 0.0627. The topological polar surface area (TPSA) is 70.1 Å². The molecule has 1 aromatic heterocycles. The highest BCUT2D eigenvalue weighted by Gasteiger charge is 2.47. The lowest BCUT2D eigenvalue weighted by atomic mass is 9.83. The number of hydrogen-bond acceptors (Lipinski definition) is 6. The molecule has 9 heteroatoms. The van der Waals surface area contributed by atoms with Gasteiger partial charge in [-0.25, -0.2) is 13.8 Å². The molecule has 5 aliphatic rings. The minimum atomic E-state index is -2.58. The molecule has 1 aromatic rings. The van der Waals surface area contributed by atoms with Gasteiger partial charge in [-0.3, -0.25) is 9.80 Å². The predicted octanol–water partition coefficient (Wildman–Crippen LogP) is 4.14. The van der Waals surface area contributed by atoms with E-state index in [1.54, 1.807) is 0 Å². The Bertz CT molecular complexity index is 1170. The number of rotatable bonds is 7. The molecule has 0 bridgehead atoms. The Morgan fingerprint density at radius 3 is 2.74 bits per heavy atom. The summed E-state index contributed by atoms with van der Waals surface area (Å²) in [6.45, 7) is 3.81. The highest BCUT2D eigenvalue weighted by molar-refractivity contribution is 6.09. The van der Waals surface area contributed by atoms with Crippen molar-refractivity contribution >= 4 is 11.6 Å². The van der Waals surface area contributed by atoms with E-state index in [1.807, 2.05) is 36.4 Å². The Morgan fingerprint density at radius 2 is 1.95 bits per heavy atom. The minimum Gasteiger partial charge on any atom is -0.474 e.